The Bertz CT molecular complexity index is 139. The van der Waals surface area contributed by atoms with Gasteiger partial charge in [-0.25, -0.2) is 4.79 Å². The third-order valence-electron chi connectivity index (χ3n) is 1.29. The van der Waals surface area contributed by atoms with E-state index in [-0.39, 0.29) is 0 Å². The Balaban J connectivity index is 4.07. The van der Waals surface area contributed by atoms with Crippen molar-refractivity contribution in [1.82, 2.24) is 4.90 Å². The molecule has 0 spiro atoms. The summed E-state index contributed by atoms with van der Waals surface area (Å²) in [4.78, 5) is 21.4. The molecule has 5 heteroatoms. The average Bonchev–Trinajstić information content (AvgIpc) is 1.84. The fourth-order valence-corrected chi connectivity index (χ4v) is 0.357. The molecule has 0 heterocycles. The lowest BCUT2D eigenvalue weighted by atomic mass is 10.3. The van der Waals surface area contributed by atoms with E-state index in [1.165, 1.54) is 14.0 Å². The molecule has 0 fully saturated rings. The van der Waals surface area contributed by atoms with Gasteiger partial charge in [-0.3, -0.25) is 9.69 Å². The van der Waals surface area contributed by atoms with Crippen molar-refractivity contribution in [3.05, 3.63) is 0 Å². The normalized spacial score (nSPS) is 12.2. The van der Waals surface area contributed by atoms with Crippen LogP contribution in [0.1, 0.15) is 6.92 Å². The minimum absolute atomic E-state index is 0.648. The summed E-state index contributed by atoms with van der Waals surface area (Å²) in [6.45, 7) is 1.43. The molecule has 0 radical (unpaired) electrons. The first-order chi connectivity index (χ1) is 4.46. The fraction of sp³-hybridized carbons (Fsp3) is 0.600. The summed E-state index contributed by atoms with van der Waals surface area (Å²) in [5, 5.41) is 8.32. The van der Waals surface area contributed by atoms with Crippen molar-refractivity contribution in [2.45, 2.75) is 13.0 Å². The molecule has 0 aromatic carbocycles. The SMILES string of the molecule is C[C@@H](C(N)=O)N(C)C(=O)O. The Morgan fingerprint density at radius 2 is 2.00 bits per heavy atom. The summed E-state index contributed by atoms with van der Waals surface area (Å²) >= 11 is 0. The van der Waals surface area contributed by atoms with Crippen LogP contribution in [0.25, 0.3) is 0 Å². The van der Waals surface area contributed by atoms with Crippen LogP contribution in [0.15, 0.2) is 0 Å². The van der Waals surface area contributed by atoms with E-state index in [2.05, 4.69) is 0 Å². The first-order valence-corrected chi connectivity index (χ1v) is 2.72. The Hall–Kier alpha value is -1.26. The summed E-state index contributed by atoms with van der Waals surface area (Å²) in [6.07, 6.45) is -1.16. The highest BCUT2D eigenvalue weighted by molar-refractivity contribution is 5.83. The molecule has 3 N–H and O–H groups in total. The number of amides is 2. The van der Waals surface area contributed by atoms with Crippen molar-refractivity contribution in [3.63, 3.8) is 0 Å². The highest BCUT2D eigenvalue weighted by Gasteiger charge is 2.18. The van der Waals surface area contributed by atoms with E-state index in [9.17, 15) is 9.59 Å². The molecule has 2 amide bonds. The van der Waals surface area contributed by atoms with Crippen LogP contribution in [0.3, 0.4) is 0 Å². The predicted molar refractivity (Wildman–Crippen MR) is 34.4 cm³/mol. The largest absolute Gasteiger partial charge is 0.465 e. The number of rotatable bonds is 2. The van der Waals surface area contributed by atoms with Crippen molar-refractivity contribution in [1.29, 1.82) is 0 Å². The van der Waals surface area contributed by atoms with Crippen molar-refractivity contribution >= 4 is 12.0 Å². The molecule has 0 aromatic heterocycles. The lowest BCUT2D eigenvalue weighted by molar-refractivity contribution is -0.121. The van der Waals surface area contributed by atoms with Gasteiger partial charge in [0.15, 0.2) is 0 Å². The maximum absolute atomic E-state index is 10.4. The van der Waals surface area contributed by atoms with Crippen LogP contribution in [0.5, 0.6) is 0 Å². The van der Waals surface area contributed by atoms with E-state index in [0.717, 1.165) is 4.90 Å². The summed E-state index contributed by atoms with van der Waals surface area (Å²) < 4.78 is 0. The second kappa shape index (κ2) is 3.05. The minimum atomic E-state index is -1.16. The van der Waals surface area contributed by atoms with Gasteiger partial charge >= 0.3 is 6.09 Å². The molecule has 0 bridgehead atoms. The number of likely N-dealkylation sites (N-methyl/N-ethyl adjacent to an activating group) is 1. The third kappa shape index (κ3) is 1.93. The van der Waals surface area contributed by atoms with E-state index >= 15 is 0 Å². The maximum atomic E-state index is 10.4. The van der Waals surface area contributed by atoms with E-state index in [1.54, 1.807) is 0 Å². The van der Waals surface area contributed by atoms with Gasteiger partial charge in [-0.2, -0.15) is 0 Å². The molecular weight excluding hydrogens is 136 g/mol. The predicted octanol–water partition coefficient (Wildman–Crippen LogP) is -0.530. The van der Waals surface area contributed by atoms with Gasteiger partial charge in [0.25, 0.3) is 0 Å². The Morgan fingerprint density at radius 1 is 1.60 bits per heavy atom. The molecule has 5 nitrogen and oxygen atoms in total. The fourth-order valence-electron chi connectivity index (χ4n) is 0.357. The number of hydrogen-bond donors (Lipinski definition) is 2. The van der Waals surface area contributed by atoms with Gasteiger partial charge in [0.2, 0.25) is 5.91 Å². The number of hydrogen-bond acceptors (Lipinski definition) is 2. The van der Waals surface area contributed by atoms with Crippen LogP contribution in [-0.4, -0.2) is 35.1 Å². The smallest absolute Gasteiger partial charge is 0.407 e. The van der Waals surface area contributed by atoms with Crippen LogP contribution in [0.4, 0.5) is 4.79 Å². The van der Waals surface area contributed by atoms with E-state index in [1.807, 2.05) is 0 Å². The van der Waals surface area contributed by atoms with Crippen molar-refractivity contribution in [3.8, 4) is 0 Å². The van der Waals surface area contributed by atoms with Crippen LogP contribution in [0.2, 0.25) is 0 Å². The molecule has 0 aromatic rings. The highest BCUT2D eigenvalue weighted by atomic mass is 16.4. The maximum Gasteiger partial charge on any atom is 0.407 e. The number of nitrogens with zero attached hydrogens (tertiary/aromatic N) is 1. The van der Waals surface area contributed by atoms with Gasteiger partial charge in [0, 0.05) is 7.05 Å². The Morgan fingerprint density at radius 3 is 2.10 bits per heavy atom. The van der Waals surface area contributed by atoms with Crippen LogP contribution in [-0.2, 0) is 4.79 Å². The topological polar surface area (TPSA) is 83.6 Å². The van der Waals surface area contributed by atoms with Crippen molar-refractivity contribution < 1.29 is 14.7 Å². The second-order valence-electron chi connectivity index (χ2n) is 1.97. The number of carboxylic acid groups (broad SMARTS) is 1. The van der Waals surface area contributed by atoms with Gasteiger partial charge in [-0.1, -0.05) is 0 Å². The minimum Gasteiger partial charge on any atom is -0.465 e. The van der Waals surface area contributed by atoms with Crippen molar-refractivity contribution in [2.75, 3.05) is 7.05 Å². The summed E-state index contributed by atoms with van der Waals surface area (Å²) in [5.74, 6) is -0.648. The van der Waals surface area contributed by atoms with Gasteiger partial charge in [-0.05, 0) is 6.92 Å². The van der Waals surface area contributed by atoms with Crippen LogP contribution < -0.4 is 5.73 Å². The van der Waals surface area contributed by atoms with Gasteiger partial charge in [0.1, 0.15) is 6.04 Å². The lowest BCUT2D eigenvalue weighted by Gasteiger charge is -2.17. The Labute approximate surface area is 58.4 Å². The zero-order valence-corrected chi connectivity index (χ0v) is 5.87. The average molecular weight is 146 g/mol. The number of carbonyl (C=O) groups excluding carboxylic acids is 1. The highest BCUT2D eigenvalue weighted by Crippen LogP contribution is 1.93. The molecule has 58 valence electrons. The van der Waals surface area contributed by atoms with Crippen molar-refractivity contribution in [2.24, 2.45) is 5.73 Å². The molecule has 0 saturated heterocycles. The summed E-state index contributed by atoms with van der Waals surface area (Å²) in [7, 11) is 1.29. The summed E-state index contributed by atoms with van der Waals surface area (Å²) in [5.41, 5.74) is 4.83. The molecule has 0 aliphatic carbocycles. The van der Waals surface area contributed by atoms with Gasteiger partial charge in [0.05, 0.1) is 0 Å². The zero-order chi connectivity index (χ0) is 8.31. The second-order valence-corrected chi connectivity index (χ2v) is 1.97. The molecule has 1 atom stereocenters. The van der Waals surface area contributed by atoms with E-state index in [4.69, 9.17) is 10.8 Å². The molecule has 0 aliphatic rings. The molecule has 0 saturated carbocycles. The molecule has 10 heavy (non-hydrogen) atoms. The molecule has 0 aliphatic heterocycles. The number of carbonyl (C=O) groups is 2. The Kier molecular flexibility index (Phi) is 2.66. The first-order valence-electron chi connectivity index (χ1n) is 2.72. The quantitative estimate of drug-likeness (QED) is 0.549. The monoisotopic (exact) mass is 146 g/mol. The number of nitrogens with two attached hydrogens (primary N) is 1. The zero-order valence-electron chi connectivity index (χ0n) is 5.87. The van der Waals surface area contributed by atoms with Crippen LogP contribution >= 0.6 is 0 Å². The molecule has 0 rings (SSSR count). The third-order valence-corrected chi connectivity index (χ3v) is 1.29. The number of primary amides is 1. The summed E-state index contributed by atoms with van der Waals surface area (Å²) in [6, 6.07) is -0.766. The molecular formula is C5H10N2O3. The standard InChI is InChI=1S/C5H10N2O3/c1-3(4(6)8)7(2)5(9)10/h3H,1-2H3,(H2,6,8)(H,9,10)/t3-/m0/s1. The lowest BCUT2D eigenvalue weighted by Crippen LogP contribution is -2.42. The van der Waals surface area contributed by atoms with Gasteiger partial charge in [-0.15, -0.1) is 0 Å². The van der Waals surface area contributed by atoms with E-state index in [0.29, 0.717) is 0 Å². The van der Waals surface area contributed by atoms with E-state index < -0.39 is 18.0 Å². The molecule has 0 unspecified atom stereocenters. The van der Waals surface area contributed by atoms with Gasteiger partial charge < -0.3 is 10.8 Å². The first kappa shape index (κ1) is 8.74. The van der Waals surface area contributed by atoms with Crippen LogP contribution in [0, 0.1) is 0 Å².